The van der Waals surface area contributed by atoms with E-state index in [1.54, 1.807) is 17.0 Å². The smallest absolute Gasteiger partial charge is 0.273 e. The van der Waals surface area contributed by atoms with Gasteiger partial charge in [-0.2, -0.15) is 5.10 Å². The predicted molar refractivity (Wildman–Crippen MR) is 120 cm³/mol. The summed E-state index contributed by atoms with van der Waals surface area (Å²) in [7, 11) is 0. The van der Waals surface area contributed by atoms with E-state index in [1.165, 1.54) is 6.07 Å². The minimum atomic E-state index is -0.396. The molecular weight excluding hydrogens is 433 g/mol. The third-order valence-electron chi connectivity index (χ3n) is 5.49. The van der Waals surface area contributed by atoms with Gasteiger partial charge in [0.1, 0.15) is 17.1 Å². The number of carbonyl (C=O) groups is 1. The number of H-pyrrole nitrogens is 1. The second-order valence-corrected chi connectivity index (χ2v) is 8.20. The van der Waals surface area contributed by atoms with Crippen molar-refractivity contribution in [2.75, 3.05) is 0 Å². The highest BCUT2D eigenvalue weighted by molar-refractivity contribution is 6.31. The van der Waals surface area contributed by atoms with Gasteiger partial charge in [0.25, 0.3) is 5.91 Å². The van der Waals surface area contributed by atoms with Crippen molar-refractivity contribution in [1.82, 2.24) is 15.1 Å². The summed E-state index contributed by atoms with van der Waals surface area (Å²) in [5, 5.41) is 18.8. The van der Waals surface area contributed by atoms with E-state index in [4.69, 9.17) is 23.2 Å². The van der Waals surface area contributed by atoms with Crippen LogP contribution in [0.1, 0.15) is 33.2 Å². The molecule has 31 heavy (non-hydrogen) atoms. The van der Waals surface area contributed by atoms with Crippen molar-refractivity contribution < 1.29 is 9.90 Å². The third kappa shape index (κ3) is 3.36. The lowest BCUT2D eigenvalue weighted by atomic mass is 9.95. The summed E-state index contributed by atoms with van der Waals surface area (Å²) < 4.78 is 0. The summed E-state index contributed by atoms with van der Waals surface area (Å²) in [6.45, 7) is 0.335. The van der Waals surface area contributed by atoms with Gasteiger partial charge in [0.15, 0.2) is 0 Å². The van der Waals surface area contributed by atoms with Crippen LogP contribution in [0, 0.1) is 0 Å². The molecule has 0 bridgehead atoms. The number of rotatable bonds is 4. The van der Waals surface area contributed by atoms with E-state index >= 15 is 0 Å². The highest BCUT2D eigenvalue weighted by Gasteiger charge is 2.42. The molecule has 5 nitrogen and oxygen atoms in total. The molecule has 1 unspecified atom stereocenters. The van der Waals surface area contributed by atoms with Crippen LogP contribution in [0.5, 0.6) is 5.75 Å². The largest absolute Gasteiger partial charge is 0.507 e. The van der Waals surface area contributed by atoms with Gasteiger partial charge in [-0.05, 0) is 35.4 Å². The van der Waals surface area contributed by atoms with Gasteiger partial charge in [-0.3, -0.25) is 9.89 Å². The average Bonchev–Trinajstić information content (AvgIpc) is 3.31. The maximum Gasteiger partial charge on any atom is 0.273 e. The van der Waals surface area contributed by atoms with Gasteiger partial charge in [0.05, 0.1) is 6.04 Å². The molecule has 0 fully saturated rings. The van der Waals surface area contributed by atoms with Crippen molar-refractivity contribution in [2.24, 2.45) is 0 Å². The first kappa shape index (κ1) is 19.7. The van der Waals surface area contributed by atoms with Crippen LogP contribution in [-0.4, -0.2) is 26.1 Å². The Labute approximate surface area is 188 Å². The topological polar surface area (TPSA) is 69.2 Å². The van der Waals surface area contributed by atoms with Crippen molar-refractivity contribution in [3.8, 4) is 17.0 Å². The van der Waals surface area contributed by atoms with Gasteiger partial charge in [-0.1, -0.05) is 71.7 Å². The number of phenols is 1. The van der Waals surface area contributed by atoms with Crippen molar-refractivity contribution >= 4 is 29.1 Å². The van der Waals surface area contributed by atoms with E-state index in [2.05, 4.69) is 10.2 Å². The minimum absolute atomic E-state index is 0.0440. The van der Waals surface area contributed by atoms with E-state index in [1.807, 2.05) is 54.6 Å². The van der Waals surface area contributed by atoms with E-state index in [9.17, 15) is 9.90 Å². The molecule has 4 aromatic rings. The molecule has 1 aliphatic rings. The highest BCUT2D eigenvalue weighted by atomic mass is 35.5. The van der Waals surface area contributed by atoms with Gasteiger partial charge in [-0.15, -0.1) is 0 Å². The Balaban J connectivity index is 1.68. The zero-order valence-electron chi connectivity index (χ0n) is 16.2. The number of fused-ring (bicyclic) bond motifs is 1. The second kappa shape index (κ2) is 7.76. The Morgan fingerprint density at radius 3 is 2.52 bits per heavy atom. The highest BCUT2D eigenvalue weighted by Crippen LogP contribution is 2.45. The molecule has 1 aliphatic heterocycles. The molecular formula is C24H17Cl2N3O2. The Bertz CT molecular complexity index is 1290. The van der Waals surface area contributed by atoms with E-state index in [-0.39, 0.29) is 11.7 Å². The SMILES string of the molecule is O=C1c2[nH]nc(-c3cc(Cl)ccc3O)c2C(c2ccccc2)N1Cc1ccccc1Cl. The van der Waals surface area contributed by atoms with Gasteiger partial charge < -0.3 is 10.0 Å². The summed E-state index contributed by atoms with van der Waals surface area (Å²) in [6, 6.07) is 21.6. The monoisotopic (exact) mass is 449 g/mol. The molecule has 5 rings (SSSR count). The van der Waals surface area contributed by atoms with Crippen LogP contribution in [0.25, 0.3) is 11.3 Å². The Kier molecular flexibility index (Phi) is 4.93. The molecule has 0 saturated heterocycles. The lowest BCUT2D eigenvalue weighted by Crippen LogP contribution is -2.29. The fraction of sp³-hybridized carbons (Fsp3) is 0.0833. The standard InChI is InChI=1S/C24H17Cl2N3O2/c25-16-10-11-19(30)17(12-16)21-20-22(28-27-21)24(31)29(13-15-8-4-5-9-18(15)26)23(20)14-6-2-1-3-7-14/h1-12,23,30H,13H2,(H,27,28). The van der Waals surface area contributed by atoms with Crippen LogP contribution in [-0.2, 0) is 6.54 Å². The maximum absolute atomic E-state index is 13.4. The number of nitrogens with one attached hydrogen (secondary N) is 1. The lowest BCUT2D eigenvalue weighted by molar-refractivity contribution is 0.0730. The number of hydrogen-bond donors (Lipinski definition) is 2. The summed E-state index contributed by atoms with van der Waals surface area (Å²) in [6.07, 6.45) is 0. The molecule has 0 radical (unpaired) electrons. The maximum atomic E-state index is 13.4. The summed E-state index contributed by atoms with van der Waals surface area (Å²) in [5.41, 5.74) is 3.86. The van der Waals surface area contributed by atoms with Gasteiger partial charge in [-0.25, -0.2) is 0 Å². The van der Waals surface area contributed by atoms with E-state index in [0.717, 1.165) is 11.1 Å². The Hall–Kier alpha value is -3.28. The normalized spacial score (nSPS) is 15.4. The fourth-order valence-electron chi connectivity index (χ4n) is 4.06. The zero-order valence-corrected chi connectivity index (χ0v) is 17.7. The van der Waals surface area contributed by atoms with Crippen LogP contribution < -0.4 is 0 Å². The molecule has 0 aliphatic carbocycles. The first-order valence-corrected chi connectivity index (χ1v) is 10.5. The van der Waals surface area contributed by atoms with Gasteiger partial charge >= 0.3 is 0 Å². The molecule has 1 aromatic heterocycles. The number of hydrogen-bond acceptors (Lipinski definition) is 3. The minimum Gasteiger partial charge on any atom is -0.507 e. The molecule has 154 valence electrons. The number of halogens is 2. The molecule has 1 atom stereocenters. The van der Waals surface area contributed by atoms with Crippen LogP contribution in [0.2, 0.25) is 10.0 Å². The van der Waals surface area contributed by atoms with E-state index < -0.39 is 6.04 Å². The van der Waals surface area contributed by atoms with Crippen LogP contribution in [0.4, 0.5) is 0 Å². The van der Waals surface area contributed by atoms with Crippen molar-refractivity contribution in [3.63, 3.8) is 0 Å². The number of carbonyl (C=O) groups excluding carboxylic acids is 1. The number of amides is 1. The summed E-state index contributed by atoms with van der Waals surface area (Å²) in [5.74, 6) is -0.133. The van der Waals surface area contributed by atoms with Crippen LogP contribution >= 0.6 is 23.2 Å². The number of aromatic nitrogens is 2. The molecule has 7 heteroatoms. The van der Waals surface area contributed by atoms with Crippen molar-refractivity contribution in [1.29, 1.82) is 0 Å². The molecule has 1 amide bonds. The average molecular weight is 450 g/mol. The molecule has 2 N–H and O–H groups in total. The summed E-state index contributed by atoms with van der Waals surface area (Å²) >= 11 is 12.6. The van der Waals surface area contributed by atoms with Crippen LogP contribution in [0.15, 0.2) is 72.8 Å². The lowest BCUT2D eigenvalue weighted by Gasteiger charge is -2.27. The van der Waals surface area contributed by atoms with Crippen molar-refractivity contribution in [2.45, 2.75) is 12.6 Å². The zero-order chi connectivity index (χ0) is 21.5. The Morgan fingerprint density at radius 2 is 1.74 bits per heavy atom. The van der Waals surface area contributed by atoms with E-state index in [0.29, 0.717) is 39.1 Å². The second-order valence-electron chi connectivity index (χ2n) is 7.36. The predicted octanol–water partition coefficient (Wildman–Crippen LogP) is 5.83. The van der Waals surface area contributed by atoms with Crippen molar-refractivity contribution in [3.05, 3.63) is 105 Å². The summed E-state index contributed by atoms with van der Waals surface area (Å²) in [4.78, 5) is 15.2. The first-order chi connectivity index (χ1) is 15.0. The van der Waals surface area contributed by atoms with Crippen LogP contribution in [0.3, 0.4) is 0 Å². The number of phenolic OH excluding ortho intramolecular Hbond substituents is 1. The van der Waals surface area contributed by atoms with Gasteiger partial charge in [0, 0.05) is 27.7 Å². The molecule has 3 aromatic carbocycles. The Morgan fingerprint density at radius 1 is 1.00 bits per heavy atom. The fourth-order valence-corrected chi connectivity index (χ4v) is 4.42. The molecule has 0 spiro atoms. The number of nitrogens with zero attached hydrogens (tertiary/aromatic N) is 2. The number of aromatic hydroxyl groups is 1. The van der Waals surface area contributed by atoms with Gasteiger partial charge in [0.2, 0.25) is 0 Å². The number of benzene rings is 3. The molecule has 2 heterocycles. The third-order valence-corrected chi connectivity index (χ3v) is 6.10. The number of aromatic amines is 1. The molecule has 0 saturated carbocycles. The quantitative estimate of drug-likeness (QED) is 0.411. The first-order valence-electron chi connectivity index (χ1n) is 9.71.